The van der Waals surface area contributed by atoms with E-state index in [-0.39, 0.29) is 5.91 Å². The zero-order valence-electron chi connectivity index (χ0n) is 10.7. The van der Waals surface area contributed by atoms with Crippen LogP contribution < -0.4 is 10.1 Å². The first kappa shape index (κ1) is 13.6. The first-order valence-corrected chi connectivity index (χ1v) is 6.61. The van der Waals surface area contributed by atoms with Gasteiger partial charge in [-0.05, 0) is 36.8 Å². The van der Waals surface area contributed by atoms with Crippen LogP contribution in [0.1, 0.15) is 15.9 Å². The minimum absolute atomic E-state index is 0.132. The second kappa shape index (κ2) is 5.89. The van der Waals surface area contributed by atoms with Crippen molar-refractivity contribution in [3.05, 3.63) is 58.1 Å². The van der Waals surface area contributed by atoms with Gasteiger partial charge in [-0.3, -0.25) is 4.79 Å². The maximum atomic E-state index is 12.2. The van der Waals surface area contributed by atoms with Crippen LogP contribution in [0.15, 0.2) is 46.9 Å². The summed E-state index contributed by atoms with van der Waals surface area (Å²) in [5.41, 5.74) is 2.30. The molecule has 3 nitrogen and oxygen atoms in total. The van der Waals surface area contributed by atoms with Crippen LogP contribution in [0.4, 0.5) is 5.69 Å². The fourth-order valence-electron chi connectivity index (χ4n) is 1.74. The van der Waals surface area contributed by atoms with E-state index in [9.17, 15) is 4.79 Å². The van der Waals surface area contributed by atoms with Gasteiger partial charge in [0.25, 0.3) is 5.91 Å². The van der Waals surface area contributed by atoms with Gasteiger partial charge in [-0.2, -0.15) is 0 Å². The number of rotatable bonds is 3. The number of ether oxygens (including phenoxy) is 1. The largest absolute Gasteiger partial charge is 0.497 e. The first-order chi connectivity index (χ1) is 9.10. The highest BCUT2D eigenvalue weighted by atomic mass is 79.9. The number of nitrogens with one attached hydrogen (secondary N) is 1. The van der Waals surface area contributed by atoms with E-state index in [1.165, 1.54) is 0 Å². The number of methoxy groups -OCH3 is 1. The Balaban J connectivity index is 2.23. The van der Waals surface area contributed by atoms with Crippen molar-refractivity contribution in [3.8, 4) is 5.75 Å². The van der Waals surface area contributed by atoms with Gasteiger partial charge in [-0.15, -0.1) is 0 Å². The van der Waals surface area contributed by atoms with Crippen LogP contribution in [0.5, 0.6) is 5.75 Å². The highest BCUT2D eigenvalue weighted by molar-refractivity contribution is 9.10. The molecule has 1 N–H and O–H groups in total. The second-order valence-corrected chi connectivity index (χ2v) is 5.06. The van der Waals surface area contributed by atoms with Gasteiger partial charge in [0.05, 0.1) is 7.11 Å². The lowest BCUT2D eigenvalue weighted by Gasteiger charge is -2.09. The van der Waals surface area contributed by atoms with Gasteiger partial charge in [-0.1, -0.05) is 28.1 Å². The predicted octanol–water partition coefficient (Wildman–Crippen LogP) is 4.02. The minimum atomic E-state index is -0.132. The summed E-state index contributed by atoms with van der Waals surface area (Å²) < 4.78 is 6.01. The molecule has 0 radical (unpaired) electrons. The Morgan fingerprint density at radius 2 is 2.00 bits per heavy atom. The summed E-state index contributed by atoms with van der Waals surface area (Å²) >= 11 is 3.37. The Kier molecular flexibility index (Phi) is 4.22. The summed E-state index contributed by atoms with van der Waals surface area (Å²) in [5, 5.41) is 2.86. The number of anilines is 1. The van der Waals surface area contributed by atoms with E-state index in [1.807, 2.05) is 43.3 Å². The maximum Gasteiger partial charge on any atom is 0.255 e. The molecule has 0 saturated carbocycles. The predicted molar refractivity (Wildman–Crippen MR) is 79.8 cm³/mol. The molecule has 0 aliphatic heterocycles. The number of benzene rings is 2. The molecule has 2 aromatic rings. The summed E-state index contributed by atoms with van der Waals surface area (Å²) in [7, 11) is 1.60. The molecule has 1 amide bonds. The van der Waals surface area contributed by atoms with Gasteiger partial charge in [0.1, 0.15) is 5.75 Å². The molecular weight excluding hydrogens is 306 g/mol. The van der Waals surface area contributed by atoms with E-state index >= 15 is 0 Å². The van der Waals surface area contributed by atoms with Crippen molar-refractivity contribution in [1.82, 2.24) is 0 Å². The molecule has 0 atom stereocenters. The summed E-state index contributed by atoms with van der Waals surface area (Å²) in [4.78, 5) is 12.2. The molecule has 98 valence electrons. The highest BCUT2D eigenvalue weighted by Gasteiger charge is 2.10. The van der Waals surface area contributed by atoms with Gasteiger partial charge in [-0.25, -0.2) is 0 Å². The molecular formula is C15H14BrNO2. The molecule has 0 bridgehead atoms. The van der Waals surface area contributed by atoms with Crippen LogP contribution in [-0.2, 0) is 0 Å². The lowest BCUT2D eigenvalue weighted by atomic mass is 10.1. The van der Waals surface area contributed by atoms with E-state index in [4.69, 9.17) is 4.74 Å². The number of hydrogen-bond donors (Lipinski definition) is 1. The monoisotopic (exact) mass is 319 g/mol. The molecule has 0 aliphatic carbocycles. The van der Waals surface area contributed by atoms with Crippen molar-refractivity contribution in [2.45, 2.75) is 6.92 Å². The average Bonchev–Trinajstić information content (AvgIpc) is 2.41. The second-order valence-electron chi connectivity index (χ2n) is 4.15. The molecule has 0 saturated heterocycles. The van der Waals surface area contributed by atoms with Gasteiger partial charge in [0.15, 0.2) is 0 Å². The first-order valence-electron chi connectivity index (χ1n) is 5.81. The van der Waals surface area contributed by atoms with Crippen molar-refractivity contribution in [2.75, 3.05) is 12.4 Å². The highest BCUT2D eigenvalue weighted by Crippen LogP contribution is 2.20. The van der Waals surface area contributed by atoms with E-state index in [0.29, 0.717) is 17.0 Å². The molecule has 2 aromatic carbocycles. The fourth-order valence-corrected chi connectivity index (χ4v) is 2.10. The SMILES string of the molecule is COc1cccc(NC(=O)c2cc(Br)ccc2C)c1. The molecule has 0 fully saturated rings. The number of amides is 1. The van der Waals surface area contributed by atoms with Crippen molar-refractivity contribution in [3.63, 3.8) is 0 Å². The van der Waals surface area contributed by atoms with Gasteiger partial charge in [0, 0.05) is 21.8 Å². The van der Waals surface area contributed by atoms with Crippen LogP contribution in [0.3, 0.4) is 0 Å². The topological polar surface area (TPSA) is 38.3 Å². The van der Waals surface area contributed by atoms with Crippen molar-refractivity contribution in [1.29, 1.82) is 0 Å². The number of halogens is 1. The van der Waals surface area contributed by atoms with Crippen LogP contribution >= 0.6 is 15.9 Å². The van der Waals surface area contributed by atoms with Crippen LogP contribution in [-0.4, -0.2) is 13.0 Å². The number of hydrogen-bond acceptors (Lipinski definition) is 2. The Morgan fingerprint density at radius 3 is 2.74 bits per heavy atom. The van der Waals surface area contributed by atoms with Crippen LogP contribution in [0.2, 0.25) is 0 Å². The molecule has 0 aromatic heterocycles. The molecule has 0 spiro atoms. The molecule has 19 heavy (non-hydrogen) atoms. The van der Waals surface area contributed by atoms with E-state index < -0.39 is 0 Å². The lowest BCUT2D eigenvalue weighted by Crippen LogP contribution is -2.13. The summed E-state index contributed by atoms with van der Waals surface area (Å²) in [6, 6.07) is 12.9. The molecule has 0 heterocycles. The normalized spacial score (nSPS) is 10.1. The van der Waals surface area contributed by atoms with Gasteiger partial charge in [0.2, 0.25) is 0 Å². The van der Waals surface area contributed by atoms with Crippen LogP contribution in [0, 0.1) is 6.92 Å². The summed E-state index contributed by atoms with van der Waals surface area (Å²) in [6.45, 7) is 1.91. The zero-order valence-corrected chi connectivity index (χ0v) is 12.3. The van der Waals surface area contributed by atoms with Gasteiger partial charge < -0.3 is 10.1 Å². The fraction of sp³-hybridized carbons (Fsp3) is 0.133. The lowest BCUT2D eigenvalue weighted by molar-refractivity contribution is 0.102. The Labute approximate surface area is 120 Å². The molecule has 2 rings (SSSR count). The third kappa shape index (κ3) is 3.35. The van der Waals surface area contributed by atoms with Gasteiger partial charge >= 0.3 is 0 Å². The Bertz CT molecular complexity index is 611. The Morgan fingerprint density at radius 1 is 1.21 bits per heavy atom. The quantitative estimate of drug-likeness (QED) is 0.928. The van der Waals surface area contributed by atoms with E-state index in [0.717, 1.165) is 10.0 Å². The Hall–Kier alpha value is -1.81. The van der Waals surface area contributed by atoms with E-state index in [2.05, 4.69) is 21.2 Å². The maximum absolute atomic E-state index is 12.2. The minimum Gasteiger partial charge on any atom is -0.497 e. The summed E-state index contributed by atoms with van der Waals surface area (Å²) in [6.07, 6.45) is 0. The molecule has 4 heteroatoms. The standard InChI is InChI=1S/C15H14BrNO2/c1-10-6-7-11(16)8-14(10)15(18)17-12-4-3-5-13(9-12)19-2/h3-9H,1-2H3,(H,17,18). The molecule has 0 aliphatic rings. The van der Waals surface area contributed by atoms with Crippen molar-refractivity contribution < 1.29 is 9.53 Å². The smallest absolute Gasteiger partial charge is 0.255 e. The van der Waals surface area contributed by atoms with Crippen molar-refractivity contribution in [2.24, 2.45) is 0 Å². The summed E-state index contributed by atoms with van der Waals surface area (Å²) in [5.74, 6) is 0.579. The van der Waals surface area contributed by atoms with E-state index in [1.54, 1.807) is 13.2 Å². The number of carbonyl (C=O) groups excluding carboxylic acids is 1. The third-order valence-electron chi connectivity index (χ3n) is 2.77. The zero-order chi connectivity index (χ0) is 13.8. The average molecular weight is 320 g/mol. The van der Waals surface area contributed by atoms with Crippen molar-refractivity contribution >= 4 is 27.5 Å². The number of aryl methyl sites for hydroxylation is 1. The van der Waals surface area contributed by atoms with Crippen LogP contribution in [0.25, 0.3) is 0 Å². The molecule has 0 unspecified atom stereocenters. The third-order valence-corrected chi connectivity index (χ3v) is 3.27. The number of carbonyl (C=O) groups is 1.